The summed E-state index contributed by atoms with van der Waals surface area (Å²) >= 11 is 1.40. The van der Waals surface area contributed by atoms with Crippen molar-refractivity contribution in [3.63, 3.8) is 0 Å². The average Bonchev–Trinajstić information content (AvgIpc) is 2.81. The summed E-state index contributed by atoms with van der Waals surface area (Å²) in [6.45, 7) is 5.80. The van der Waals surface area contributed by atoms with Crippen molar-refractivity contribution in [2.24, 2.45) is 11.3 Å². The van der Waals surface area contributed by atoms with Crippen molar-refractivity contribution < 1.29 is 43.0 Å². The number of ether oxygens (including phenoxy) is 4. The van der Waals surface area contributed by atoms with Gasteiger partial charge in [0.15, 0.2) is 0 Å². The fourth-order valence-electron chi connectivity index (χ4n) is 3.40. The number of nitro benzene ring substituents is 1. The smallest absolute Gasteiger partial charge is 0.430 e. The van der Waals surface area contributed by atoms with Crippen LogP contribution in [0.1, 0.15) is 33.3 Å². The third kappa shape index (κ3) is 6.14. The number of hydrogen-bond donors (Lipinski definition) is 0. The maximum Gasteiger partial charge on any atom is 0.508 e. The van der Waals surface area contributed by atoms with Crippen LogP contribution in [-0.4, -0.2) is 57.8 Å². The first-order valence-electron chi connectivity index (χ1n) is 11.0. The first-order chi connectivity index (χ1) is 16.9. The minimum Gasteiger partial charge on any atom is -0.430 e. The van der Waals surface area contributed by atoms with Crippen LogP contribution in [-0.2, 0) is 39.9 Å². The zero-order chi connectivity index (χ0) is 26.6. The van der Waals surface area contributed by atoms with Gasteiger partial charge in [-0.3, -0.25) is 24.6 Å². The summed E-state index contributed by atoms with van der Waals surface area (Å²) in [7, 11) is 0. The number of non-ortho nitro benzene ring substituents is 1. The number of nitro groups is 1. The molecule has 2 aliphatic heterocycles. The van der Waals surface area contributed by atoms with Crippen LogP contribution >= 0.6 is 11.8 Å². The molecule has 0 aromatic heterocycles. The quantitative estimate of drug-likeness (QED) is 0.163. The van der Waals surface area contributed by atoms with Gasteiger partial charge in [-0.25, -0.2) is 9.59 Å². The van der Waals surface area contributed by atoms with Gasteiger partial charge < -0.3 is 18.9 Å². The van der Waals surface area contributed by atoms with Crippen LogP contribution in [0.2, 0.25) is 0 Å². The highest BCUT2D eigenvalue weighted by Crippen LogP contribution is 2.44. The van der Waals surface area contributed by atoms with Gasteiger partial charge >= 0.3 is 18.1 Å². The van der Waals surface area contributed by atoms with Crippen molar-refractivity contribution >= 4 is 41.5 Å². The van der Waals surface area contributed by atoms with E-state index < -0.39 is 58.5 Å². The molecule has 1 saturated heterocycles. The second-order valence-corrected chi connectivity index (χ2v) is 10.2. The van der Waals surface area contributed by atoms with E-state index >= 15 is 0 Å². The van der Waals surface area contributed by atoms with E-state index in [1.807, 2.05) is 0 Å². The SMILES string of the molecule is CC(OC(=O)OCc1ccc([N+](=O)[O-])cc1)[C@H]1C(=O)N2C(C(=O)OCOC(=O)C(C)(C)C)=CCS[C@H]12. The highest BCUT2D eigenvalue weighted by Gasteiger charge is 2.55. The van der Waals surface area contributed by atoms with Crippen molar-refractivity contribution in [1.29, 1.82) is 0 Å². The van der Waals surface area contributed by atoms with Gasteiger partial charge in [-0.1, -0.05) is 0 Å². The lowest BCUT2D eigenvalue weighted by atomic mass is 9.91. The molecule has 1 fully saturated rings. The molecule has 1 unspecified atom stereocenters. The van der Waals surface area contributed by atoms with Crippen molar-refractivity contribution in [3.05, 3.63) is 51.7 Å². The third-order valence-electron chi connectivity index (χ3n) is 5.38. The molecular weight excluding hydrogens is 496 g/mol. The van der Waals surface area contributed by atoms with Gasteiger partial charge in [0.05, 0.1) is 15.7 Å². The number of esters is 2. The molecule has 2 heterocycles. The van der Waals surface area contributed by atoms with Gasteiger partial charge in [0.2, 0.25) is 12.7 Å². The number of rotatable bonds is 8. The number of amides is 1. The largest absolute Gasteiger partial charge is 0.508 e. The van der Waals surface area contributed by atoms with Gasteiger partial charge in [0.25, 0.3) is 5.69 Å². The number of β-lactam (4-membered cyclic amide) rings is 1. The van der Waals surface area contributed by atoms with E-state index in [0.717, 1.165) is 0 Å². The second kappa shape index (κ2) is 11.0. The predicted octanol–water partition coefficient (Wildman–Crippen LogP) is 3.14. The zero-order valence-corrected chi connectivity index (χ0v) is 20.9. The average molecular weight is 523 g/mol. The van der Waals surface area contributed by atoms with Gasteiger partial charge in [0.1, 0.15) is 24.3 Å². The molecule has 3 rings (SSSR count). The van der Waals surface area contributed by atoms with Crippen LogP contribution < -0.4 is 0 Å². The fourth-order valence-corrected chi connectivity index (χ4v) is 4.76. The molecule has 1 aromatic carbocycles. The van der Waals surface area contributed by atoms with Crippen molar-refractivity contribution in [2.75, 3.05) is 12.5 Å². The molecule has 194 valence electrons. The molecule has 0 saturated carbocycles. The zero-order valence-electron chi connectivity index (χ0n) is 20.1. The summed E-state index contributed by atoms with van der Waals surface area (Å²) in [5.41, 5.74) is -0.269. The Morgan fingerprint density at radius 2 is 1.83 bits per heavy atom. The molecule has 0 aliphatic carbocycles. The molecule has 12 nitrogen and oxygen atoms in total. The molecule has 2 aliphatic rings. The number of nitrogens with zero attached hydrogens (tertiary/aromatic N) is 2. The summed E-state index contributed by atoms with van der Waals surface area (Å²) in [4.78, 5) is 60.6. The molecule has 3 atom stereocenters. The molecule has 36 heavy (non-hydrogen) atoms. The second-order valence-electron chi connectivity index (χ2n) is 9.06. The summed E-state index contributed by atoms with van der Waals surface area (Å²) in [6.07, 6.45) is -0.282. The van der Waals surface area contributed by atoms with E-state index in [0.29, 0.717) is 11.3 Å². The van der Waals surface area contributed by atoms with Gasteiger partial charge in [-0.05, 0) is 51.5 Å². The summed E-state index contributed by atoms with van der Waals surface area (Å²) < 4.78 is 20.2. The summed E-state index contributed by atoms with van der Waals surface area (Å²) in [6, 6.07) is 5.49. The first-order valence-corrected chi connectivity index (χ1v) is 12.0. The Kier molecular flexibility index (Phi) is 8.23. The fraction of sp³-hybridized carbons (Fsp3) is 0.478. The predicted molar refractivity (Wildman–Crippen MR) is 125 cm³/mol. The Labute approximate surface area is 211 Å². The maximum absolute atomic E-state index is 12.8. The van der Waals surface area contributed by atoms with Gasteiger partial charge in [0, 0.05) is 17.9 Å². The number of thioether (sulfide) groups is 1. The van der Waals surface area contributed by atoms with Crippen LogP contribution in [0.15, 0.2) is 36.0 Å². The maximum atomic E-state index is 12.8. The molecule has 1 amide bonds. The van der Waals surface area contributed by atoms with E-state index in [4.69, 9.17) is 18.9 Å². The van der Waals surface area contributed by atoms with E-state index in [2.05, 4.69) is 0 Å². The third-order valence-corrected chi connectivity index (χ3v) is 6.59. The van der Waals surface area contributed by atoms with Crippen molar-refractivity contribution in [2.45, 2.75) is 45.8 Å². The van der Waals surface area contributed by atoms with Crippen molar-refractivity contribution in [1.82, 2.24) is 4.90 Å². The van der Waals surface area contributed by atoms with E-state index in [9.17, 15) is 29.3 Å². The standard InChI is InChI=1S/C23H26N2O10S/c1-13(35-22(29)32-11-14-5-7-15(8-6-14)25(30)31)17-18(26)24-16(9-10-36-19(17)24)20(27)33-12-34-21(28)23(2,3)4/h5-9,13,17,19H,10-12H2,1-4H3/t13?,17-,19+/m0/s1. The molecule has 0 spiro atoms. The Bertz CT molecular complexity index is 1080. The molecule has 13 heteroatoms. The van der Waals surface area contributed by atoms with E-state index in [1.165, 1.54) is 40.9 Å². The molecule has 1 aromatic rings. The lowest BCUT2D eigenvalue weighted by molar-refractivity contribution is -0.384. The minimum atomic E-state index is -0.997. The topological polar surface area (TPSA) is 152 Å². The lowest BCUT2D eigenvalue weighted by Crippen LogP contribution is -2.64. The Morgan fingerprint density at radius 1 is 1.17 bits per heavy atom. The number of carbonyl (C=O) groups is 4. The van der Waals surface area contributed by atoms with Crippen LogP contribution in [0.3, 0.4) is 0 Å². The number of fused-ring (bicyclic) bond motifs is 1. The number of benzene rings is 1. The summed E-state index contributed by atoms with van der Waals surface area (Å²) in [5.74, 6) is -2.03. The molecular formula is C23H26N2O10S. The minimum absolute atomic E-state index is 0.0414. The first kappa shape index (κ1) is 27.0. The summed E-state index contributed by atoms with van der Waals surface area (Å²) in [5, 5.41) is 10.3. The Hall–Kier alpha value is -3.61. The Morgan fingerprint density at radius 3 is 2.44 bits per heavy atom. The van der Waals surface area contributed by atoms with E-state index in [1.54, 1.807) is 33.8 Å². The molecule has 0 bridgehead atoms. The van der Waals surface area contributed by atoms with Crippen molar-refractivity contribution in [3.8, 4) is 0 Å². The Balaban J connectivity index is 1.49. The highest BCUT2D eigenvalue weighted by atomic mass is 32.2. The molecule has 0 N–H and O–H groups in total. The lowest BCUT2D eigenvalue weighted by Gasteiger charge is -2.49. The van der Waals surface area contributed by atoms with Crippen LogP contribution in [0.4, 0.5) is 10.5 Å². The number of hydrogen-bond acceptors (Lipinski definition) is 11. The van der Waals surface area contributed by atoms with E-state index in [-0.39, 0.29) is 18.0 Å². The van der Waals surface area contributed by atoms with Gasteiger partial charge in [-0.15, -0.1) is 11.8 Å². The monoisotopic (exact) mass is 522 g/mol. The molecule has 0 radical (unpaired) electrons. The van der Waals surface area contributed by atoms with Gasteiger partial charge in [-0.2, -0.15) is 0 Å². The van der Waals surface area contributed by atoms with Crippen LogP contribution in [0.5, 0.6) is 0 Å². The van der Waals surface area contributed by atoms with Crippen LogP contribution in [0.25, 0.3) is 0 Å². The van der Waals surface area contributed by atoms with Crippen LogP contribution in [0, 0.1) is 21.4 Å². The highest BCUT2D eigenvalue weighted by molar-refractivity contribution is 8.00. The normalized spacial score (nSPS) is 19.7. The number of carbonyl (C=O) groups excluding carboxylic acids is 4.